The lowest BCUT2D eigenvalue weighted by molar-refractivity contribution is -0.119. The molecule has 0 spiro atoms. The zero-order valence-electron chi connectivity index (χ0n) is 11.0. The summed E-state index contributed by atoms with van der Waals surface area (Å²) in [6.45, 7) is 4.26. The fraction of sp³-hybridized carbons (Fsp3) is 0.538. The molecule has 1 aromatic rings. The van der Waals surface area contributed by atoms with Gasteiger partial charge in [-0.2, -0.15) is 0 Å². The number of hydrogen-bond acceptors (Lipinski definition) is 3. The number of carbonyl (C=O) groups excluding carboxylic acids is 1. The van der Waals surface area contributed by atoms with E-state index in [0.29, 0.717) is 12.5 Å². The third-order valence-electron chi connectivity index (χ3n) is 3.15. The number of amides is 1. The Hall–Kier alpha value is -0.840. The van der Waals surface area contributed by atoms with Gasteiger partial charge in [-0.3, -0.25) is 9.78 Å². The van der Waals surface area contributed by atoms with Gasteiger partial charge in [0.25, 0.3) is 0 Å². The summed E-state index contributed by atoms with van der Waals surface area (Å²) in [6, 6.07) is 4.15. The topological polar surface area (TPSA) is 54.0 Å². The van der Waals surface area contributed by atoms with Gasteiger partial charge in [0.2, 0.25) is 5.91 Å². The molecule has 1 aliphatic heterocycles. The Labute approximate surface area is 126 Å². The molecule has 0 unspecified atom stereocenters. The Kier molecular flexibility index (Phi) is 8.72. The van der Waals surface area contributed by atoms with Gasteiger partial charge in [0.15, 0.2) is 0 Å². The van der Waals surface area contributed by atoms with Crippen molar-refractivity contribution in [3.8, 4) is 0 Å². The minimum atomic E-state index is -0.00701. The Bertz CT molecular complexity index is 378. The molecule has 0 saturated carbocycles. The minimum Gasteiger partial charge on any atom is -0.352 e. The standard InChI is InChI=1S/C13H19N3O.2ClH/c1-10(17)15-8-11-2-3-13(16-9-11)12-4-6-14-7-5-12;;/h2-3,9,12,14H,4-8H2,1H3,(H,15,17);2*1H. The monoisotopic (exact) mass is 305 g/mol. The summed E-state index contributed by atoms with van der Waals surface area (Å²) in [5.41, 5.74) is 2.23. The van der Waals surface area contributed by atoms with Gasteiger partial charge in [-0.1, -0.05) is 6.07 Å². The molecular formula is C13H21Cl2N3O. The van der Waals surface area contributed by atoms with E-state index in [2.05, 4.69) is 27.8 Å². The Morgan fingerprint density at radius 1 is 1.37 bits per heavy atom. The number of hydrogen-bond donors (Lipinski definition) is 2. The summed E-state index contributed by atoms with van der Waals surface area (Å²) < 4.78 is 0. The predicted molar refractivity (Wildman–Crippen MR) is 81.1 cm³/mol. The van der Waals surface area contributed by atoms with Crippen LogP contribution in [0.5, 0.6) is 0 Å². The molecule has 1 saturated heterocycles. The summed E-state index contributed by atoms with van der Waals surface area (Å²) in [7, 11) is 0. The molecular weight excluding hydrogens is 285 g/mol. The summed E-state index contributed by atoms with van der Waals surface area (Å²) in [5, 5.41) is 6.13. The van der Waals surface area contributed by atoms with Crippen molar-refractivity contribution in [1.29, 1.82) is 0 Å². The van der Waals surface area contributed by atoms with Crippen LogP contribution in [0.4, 0.5) is 0 Å². The number of nitrogens with one attached hydrogen (secondary N) is 2. The SMILES string of the molecule is CC(=O)NCc1ccc(C2CCNCC2)nc1.Cl.Cl. The molecule has 4 nitrogen and oxygen atoms in total. The maximum atomic E-state index is 10.8. The average Bonchev–Trinajstić information content (AvgIpc) is 2.38. The number of aromatic nitrogens is 1. The third kappa shape index (κ3) is 5.76. The lowest BCUT2D eigenvalue weighted by Gasteiger charge is -2.22. The van der Waals surface area contributed by atoms with Crippen molar-refractivity contribution < 1.29 is 4.79 Å². The van der Waals surface area contributed by atoms with Crippen LogP contribution in [0.1, 0.15) is 36.9 Å². The zero-order chi connectivity index (χ0) is 12.1. The Morgan fingerprint density at radius 2 is 2.05 bits per heavy atom. The molecule has 2 heterocycles. The highest BCUT2D eigenvalue weighted by molar-refractivity contribution is 5.85. The van der Waals surface area contributed by atoms with E-state index in [4.69, 9.17) is 0 Å². The molecule has 1 aromatic heterocycles. The van der Waals surface area contributed by atoms with E-state index < -0.39 is 0 Å². The van der Waals surface area contributed by atoms with E-state index in [1.807, 2.05) is 6.20 Å². The molecule has 2 rings (SSSR count). The van der Waals surface area contributed by atoms with Crippen molar-refractivity contribution in [2.24, 2.45) is 0 Å². The summed E-state index contributed by atoms with van der Waals surface area (Å²) in [6.07, 6.45) is 4.20. The van der Waals surface area contributed by atoms with Gasteiger partial charge in [0, 0.05) is 31.3 Å². The number of pyridine rings is 1. The smallest absolute Gasteiger partial charge is 0.217 e. The van der Waals surface area contributed by atoms with Crippen LogP contribution in [0.3, 0.4) is 0 Å². The first-order chi connectivity index (χ1) is 8.25. The van der Waals surface area contributed by atoms with Crippen LogP contribution in [0, 0.1) is 0 Å². The van der Waals surface area contributed by atoms with Crippen molar-refractivity contribution in [1.82, 2.24) is 15.6 Å². The van der Waals surface area contributed by atoms with Crippen molar-refractivity contribution in [2.45, 2.75) is 32.2 Å². The van der Waals surface area contributed by atoms with Gasteiger partial charge >= 0.3 is 0 Å². The largest absolute Gasteiger partial charge is 0.352 e. The number of halogens is 2. The van der Waals surface area contributed by atoms with E-state index >= 15 is 0 Å². The quantitative estimate of drug-likeness (QED) is 0.898. The number of carbonyl (C=O) groups is 1. The maximum Gasteiger partial charge on any atom is 0.217 e. The first-order valence-electron chi connectivity index (χ1n) is 6.15. The normalized spacial score (nSPS) is 15.0. The van der Waals surface area contributed by atoms with Crippen LogP contribution in [-0.4, -0.2) is 24.0 Å². The second-order valence-electron chi connectivity index (χ2n) is 4.53. The van der Waals surface area contributed by atoms with Crippen molar-refractivity contribution in [3.63, 3.8) is 0 Å². The molecule has 1 fully saturated rings. The van der Waals surface area contributed by atoms with Crippen LogP contribution in [0.25, 0.3) is 0 Å². The van der Waals surface area contributed by atoms with E-state index in [0.717, 1.165) is 31.5 Å². The maximum absolute atomic E-state index is 10.8. The molecule has 0 bridgehead atoms. The lowest BCUT2D eigenvalue weighted by atomic mass is 9.94. The van der Waals surface area contributed by atoms with E-state index in [1.54, 1.807) is 0 Å². The van der Waals surface area contributed by atoms with Crippen LogP contribution in [-0.2, 0) is 11.3 Å². The fourth-order valence-corrected chi connectivity index (χ4v) is 2.13. The molecule has 0 aliphatic carbocycles. The van der Waals surface area contributed by atoms with Gasteiger partial charge < -0.3 is 10.6 Å². The van der Waals surface area contributed by atoms with Crippen LogP contribution in [0.15, 0.2) is 18.3 Å². The van der Waals surface area contributed by atoms with Crippen molar-refractivity contribution in [3.05, 3.63) is 29.6 Å². The van der Waals surface area contributed by atoms with Gasteiger partial charge in [0.05, 0.1) is 0 Å². The molecule has 108 valence electrons. The first kappa shape index (κ1) is 18.2. The number of rotatable bonds is 3. The second-order valence-corrected chi connectivity index (χ2v) is 4.53. The molecule has 1 aliphatic rings. The number of piperidine rings is 1. The van der Waals surface area contributed by atoms with Crippen LogP contribution < -0.4 is 10.6 Å². The molecule has 1 amide bonds. The molecule has 0 aromatic carbocycles. The summed E-state index contributed by atoms with van der Waals surface area (Å²) in [5.74, 6) is 0.582. The van der Waals surface area contributed by atoms with Gasteiger partial charge in [0.1, 0.15) is 0 Å². The highest BCUT2D eigenvalue weighted by Gasteiger charge is 2.15. The molecule has 0 atom stereocenters. The fourth-order valence-electron chi connectivity index (χ4n) is 2.13. The van der Waals surface area contributed by atoms with Crippen molar-refractivity contribution >= 4 is 30.7 Å². The van der Waals surface area contributed by atoms with Crippen molar-refractivity contribution in [2.75, 3.05) is 13.1 Å². The predicted octanol–water partition coefficient (Wildman–Crippen LogP) is 2.03. The summed E-state index contributed by atoms with van der Waals surface area (Å²) >= 11 is 0. The zero-order valence-corrected chi connectivity index (χ0v) is 12.6. The highest BCUT2D eigenvalue weighted by atomic mass is 35.5. The van der Waals surface area contributed by atoms with E-state index in [9.17, 15) is 4.79 Å². The van der Waals surface area contributed by atoms with Crippen LogP contribution >= 0.6 is 24.8 Å². The van der Waals surface area contributed by atoms with Crippen LogP contribution in [0.2, 0.25) is 0 Å². The second kappa shape index (κ2) is 9.13. The first-order valence-corrected chi connectivity index (χ1v) is 6.15. The number of nitrogens with zero attached hydrogens (tertiary/aromatic N) is 1. The van der Waals surface area contributed by atoms with Gasteiger partial charge in [-0.05, 0) is 37.6 Å². The molecule has 0 radical (unpaired) electrons. The van der Waals surface area contributed by atoms with E-state index in [-0.39, 0.29) is 30.7 Å². The van der Waals surface area contributed by atoms with Gasteiger partial charge in [-0.25, -0.2) is 0 Å². The van der Waals surface area contributed by atoms with E-state index in [1.165, 1.54) is 12.6 Å². The minimum absolute atomic E-state index is 0. The van der Waals surface area contributed by atoms with Gasteiger partial charge in [-0.15, -0.1) is 24.8 Å². The summed E-state index contributed by atoms with van der Waals surface area (Å²) in [4.78, 5) is 15.3. The Balaban J connectivity index is 0.00000162. The third-order valence-corrected chi connectivity index (χ3v) is 3.15. The lowest BCUT2D eigenvalue weighted by Crippen LogP contribution is -2.27. The average molecular weight is 306 g/mol. The molecule has 6 heteroatoms. The highest BCUT2D eigenvalue weighted by Crippen LogP contribution is 2.23. The Morgan fingerprint density at radius 3 is 2.58 bits per heavy atom. The molecule has 2 N–H and O–H groups in total. The molecule has 19 heavy (non-hydrogen) atoms.